The standard InChI is InChI=1S/C16H18O5/c1-3-20-15(18)14(16(19)21-4-2)13(17)11-10-12-8-6-5-7-9-12/h5-11,14H,3-4H2,1-2H3. The molecule has 0 unspecified atom stereocenters. The average molecular weight is 290 g/mol. The number of esters is 2. The summed E-state index contributed by atoms with van der Waals surface area (Å²) in [5, 5.41) is 0. The summed E-state index contributed by atoms with van der Waals surface area (Å²) in [6.45, 7) is 3.38. The maximum absolute atomic E-state index is 12.1. The molecule has 1 rings (SSSR count). The number of carbonyl (C=O) groups is 3. The Balaban J connectivity index is 2.87. The monoisotopic (exact) mass is 290 g/mol. The van der Waals surface area contributed by atoms with Crippen molar-refractivity contribution in [2.75, 3.05) is 13.2 Å². The van der Waals surface area contributed by atoms with Gasteiger partial charge in [-0.2, -0.15) is 0 Å². The van der Waals surface area contributed by atoms with E-state index in [1.807, 2.05) is 18.2 Å². The first-order valence-corrected chi connectivity index (χ1v) is 6.70. The number of rotatable bonds is 7. The number of benzene rings is 1. The molecular formula is C16H18O5. The van der Waals surface area contributed by atoms with Crippen LogP contribution in [-0.4, -0.2) is 30.9 Å². The molecule has 0 saturated heterocycles. The van der Waals surface area contributed by atoms with Crippen molar-refractivity contribution in [1.29, 1.82) is 0 Å². The molecule has 5 nitrogen and oxygen atoms in total. The van der Waals surface area contributed by atoms with Gasteiger partial charge in [-0.1, -0.05) is 36.4 Å². The third kappa shape index (κ3) is 5.22. The van der Waals surface area contributed by atoms with Crippen molar-refractivity contribution < 1.29 is 23.9 Å². The second-order valence-corrected chi connectivity index (χ2v) is 4.08. The van der Waals surface area contributed by atoms with Crippen molar-refractivity contribution in [3.8, 4) is 0 Å². The molecule has 0 bridgehead atoms. The molecule has 0 aromatic heterocycles. The molecule has 0 fully saturated rings. The number of hydrogen-bond donors (Lipinski definition) is 0. The minimum atomic E-state index is -1.56. The van der Waals surface area contributed by atoms with Crippen molar-refractivity contribution >= 4 is 23.8 Å². The van der Waals surface area contributed by atoms with E-state index in [-0.39, 0.29) is 13.2 Å². The summed E-state index contributed by atoms with van der Waals surface area (Å²) in [6, 6.07) is 9.08. The van der Waals surface area contributed by atoms with Gasteiger partial charge in [0.05, 0.1) is 13.2 Å². The van der Waals surface area contributed by atoms with E-state index < -0.39 is 23.6 Å². The lowest BCUT2D eigenvalue weighted by molar-refractivity contribution is -0.163. The molecule has 0 aliphatic carbocycles. The molecule has 0 saturated carbocycles. The average Bonchev–Trinajstić information content (AvgIpc) is 2.47. The third-order valence-corrected chi connectivity index (χ3v) is 2.57. The van der Waals surface area contributed by atoms with Gasteiger partial charge in [-0.25, -0.2) is 0 Å². The minimum absolute atomic E-state index is 0.0877. The predicted octanol–water partition coefficient (Wildman–Crippen LogP) is 2.01. The van der Waals surface area contributed by atoms with E-state index in [2.05, 4.69) is 0 Å². The van der Waals surface area contributed by atoms with Crippen molar-refractivity contribution in [1.82, 2.24) is 0 Å². The van der Waals surface area contributed by atoms with Gasteiger partial charge in [0.2, 0.25) is 5.92 Å². The van der Waals surface area contributed by atoms with Crippen LogP contribution in [0.2, 0.25) is 0 Å². The molecule has 0 radical (unpaired) electrons. The molecule has 112 valence electrons. The molecule has 5 heteroatoms. The highest BCUT2D eigenvalue weighted by Gasteiger charge is 2.35. The number of ether oxygens (including phenoxy) is 2. The van der Waals surface area contributed by atoms with E-state index >= 15 is 0 Å². The summed E-state index contributed by atoms with van der Waals surface area (Å²) < 4.78 is 9.50. The molecule has 0 spiro atoms. The van der Waals surface area contributed by atoms with Crippen LogP contribution in [0, 0.1) is 5.92 Å². The fourth-order valence-corrected chi connectivity index (χ4v) is 1.62. The lowest BCUT2D eigenvalue weighted by Crippen LogP contribution is -2.34. The molecular weight excluding hydrogens is 272 g/mol. The molecule has 0 N–H and O–H groups in total. The SMILES string of the molecule is CCOC(=O)C(C(=O)C=Cc1ccccc1)C(=O)OCC. The Labute approximate surface area is 123 Å². The van der Waals surface area contributed by atoms with Crippen LogP contribution in [0.25, 0.3) is 6.08 Å². The first-order valence-electron chi connectivity index (χ1n) is 6.70. The van der Waals surface area contributed by atoms with E-state index in [4.69, 9.17) is 9.47 Å². The normalized spacial score (nSPS) is 10.6. The van der Waals surface area contributed by atoms with Crippen molar-refractivity contribution in [2.45, 2.75) is 13.8 Å². The van der Waals surface area contributed by atoms with E-state index in [1.165, 1.54) is 12.2 Å². The fourth-order valence-electron chi connectivity index (χ4n) is 1.62. The van der Waals surface area contributed by atoms with Gasteiger partial charge in [-0.3, -0.25) is 14.4 Å². The van der Waals surface area contributed by atoms with Crippen LogP contribution >= 0.6 is 0 Å². The zero-order chi connectivity index (χ0) is 15.7. The molecule has 0 aliphatic rings. The summed E-state index contributed by atoms with van der Waals surface area (Å²) in [6.07, 6.45) is 2.72. The van der Waals surface area contributed by atoms with E-state index in [0.29, 0.717) is 0 Å². The number of carbonyl (C=O) groups excluding carboxylic acids is 3. The molecule has 0 heterocycles. The molecule has 0 atom stereocenters. The van der Waals surface area contributed by atoms with Crippen molar-refractivity contribution in [3.63, 3.8) is 0 Å². The van der Waals surface area contributed by atoms with Crippen LogP contribution in [-0.2, 0) is 23.9 Å². The maximum atomic E-state index is 12.1. The Hall–Kier alpha value is -2.43. The Morgan fingerprint density at radius 1 is 1.00 bits per heavy atom. The Bertz CT molecular complexity index is 501. The van der Waals surface area contributed by atoms with Gasteiger partial charge in [-0.05, 0) is 25.5 Å². The summed E-state index contributed by atoms with van der Waals surface area (Å²) in [7, 11) is 0. The van der Waals surface area contributed by atoms with Gasteiger partial charge in [0.15, 0.2) is 5.78 Å². The lowest BCUT2D eigenvalue weighted by Gasteiger charge is -2.11. The maximum Gasteiger partial charge on any atom is 0.328 e. The Morgan fingerprint density at radius 3 is 2.00 bits per heavy atom. The zero-order valence-corrected chi connectivity index (χ0v) is 12.1. The number of hydrogen-bond acceptors (Lipinski definition) is 5. The van der Waals surface area contributed by atoms with Crippen LogP contribution in [0.5, 0.6) is 0 Å². The number of allylic oxidation sites excluding steroid dienone is 1. The zero-order valence-electron chi connectivity index (χ0n) is 12.1. The van der Waals surface area contributed by atoms with Gasteiger partial charge in [-0.15, -0.1) is 0 Å². The second kappa shape index (κ2) is 8.68. The first-order chi connectivity index (χ1) is 10.1. The van der Waals surface area contributed by atoms with Gasteiger partial charge in [0.25, 0.3) is 0 Å². The van der Waals surface area contributed by atoms with Crippen molar-refractivity contribution in [3.05, 3.63) is 42.0 Å². The van der Waals surface area contributed by atoms with Gasteiger partial charge in [0, 0.05) is 0 Å². The van der Waals surface area contributed by atoms with Crippen molar-refractivity contribution in [2.24, 2.45) is 5.92 Å². The number of ketones is 1. The Morgan fingerprint density at radius 2 is 1.52 bits per heavy atom. The smallest absolute Gasteiger partial charge is 0.328 e. The quantitative estimate of drug-likeness (QED) is 0.436. The van der Waals surface area contributed by atoms with E-state index in [0.717, 1.165) is 5.56 Å². The highest BCUT2D eigenvalue weighted by molar-refractivity contribution is 6.19. The van der Waals surface area contributed by atoms with Crippen LogP contribution in [0.1, 0.15) is 19.4 Å². The molecule has 0 aliphatic heterocycles. The summed E-state index contributed by atoms with van der Waals surface area (Å²) in [5.74, 6) is -4.00. The minimum Gasteiger partial charge on any atom is -0.465 e. The molecule has 21 heavy (non-hydrogen) atoms. The van der Waals surface area contributed by atoms with Gasteiger partial charge >= 0.3 is 11.9 Å². The van der Waals surface area contributed by atoms with Crippen LogP contribution in [0.3, 0.4) is 0 Å². The van der Waals surface area contributed by atoms with E-state index in [9.17, 15) is 14.4 Å². The van der Waals surface area contributed by atoms with E-state index in [1.54, 1.807) is 26.0 Å². The molecule has 1 aromatic carbocycles. The fraction of sp³-hybridized carbons (Fsp3) is 0.312. The molecule has 1 aromatic rings. The van der Waals surface area contributed by atoms with Crippen LogP contribution < -0.4 is 0 Å². The van der Waals surface area contributed by atoms with Gasteiger partial charge < -0.3 is 9.47 Å². The summed E-state index contributed by atoms with van der Waals surface area (Å²) in [4.78, 5) is 35.5. The topological polar surface area (TPSA) is 69.7 Å². The predicted molar refractivity (Wildman–Crippen MR) is 77.2 cm³/mol. The van der Waals surface area contributed by atoms with Crippen LogP contribution in [0.4, 0.5) is 0 Å². The first kappa shape index (κ1) is 16.6. The largest absolute Gasteiger partial charge is 0.465 e. The molecule has 0 amide bonds. The van der Waals surface area contributed by atoms with Crippen LogP contribution in [0.15, 0.2) is 36.4 Å². The highest BCUT2D eigenvalue weighted by Crippen LogP contribution is 2.09. The summed E-state index contributed by atoms with van der Waals surface area (Å²) in [5.41, 5.74) is 0.789. The third-order valence-electron chi connectivity index (χ3n) is 2.57. The highest BCUT2D eigenvalue weighted by atomic mass is 16.6. The second-order valence-electron chi connectivity index (χ2n) is 4.08. The lowest BCUT2D eigenvalue weighted by atomic mass is 10.0. The Kier molecular flexibility index (Phi) is 6.87. The van der Waals surface area contributed by atoms with Gasteiger partial charge in [0.1, 0.15) is 0 Å². The summed E-state index contributed by atoms with van der Waals surface area (Å²) >= 11 is 0.